The van der Waals surface area contributed by atoms with Crippen molar-refractivity contribution >= 4 is 48.8 Å². The molecule has 0 aromatic rings. The van der Waals surface area contributed by atoms with Crippen molar-refractivity contribution in [2.75, 3.05) is 5.94 Å². The van der Waals surface area contributed by atoms with Gasteiger partial charge in [-0.25, -0.2) is 4.21 Å². The molecule has 34 valence electrons. The van der Waals surface area contributed by atoms with Crippen LogP contribution in [0.1, 0.15) is 0 Å². The molecule has 0 aliphatic carbocycles. The van der Waals surface area contributed by atoms with Gasteiger partial charge in [-0.1, -0.05) is 0 Å². The molecule has 0 rings (SSSR count). The molecule has 0 heterocycles. The molecule has 0 saturated carbocycles. The van der Waals surface area contributed by atoms with Gasteiger partial charge in [0.1, 0.15) is 5.94 Å². The number of aliphatic hydroxyl groups excluding tert-OH is 1. The predicted octanol–water partition coefficient (Wildman–Crippen LogP) is -1.22. The molecule has 0 aromatic heterocycles. The molecule has 1 atom stereocenters. The Morgan fingerprint density at radius 1 is 1.67 bits per heavy atom. The van der Waals surface area contributed by atoms with Crippen LogP contribution in [0.3, 0.4) is 0 Å². The normalized spacial score (nSPS) is 12.3. The van der Waals surface area contributed by atoms with Crippen molar-refractivity contribution in [2.45, 2.75) is 0 Å². The van der Waals surface area contributed by atoms with E-state index < -0.39 is 17.0 Å². The van der Waals surface area contributed by atoms with Gasteiger partial charge < -0.3 is 9.66 Å². The summed E-state index contributed by atoms with van der Waals surface area (Å²) in [5.41, 5.74) is 0. The Labute approximate surface area is 68.0 Å². The standard InChI is InChI=1S/CH4O3S.Ca/c2-1-5(3)4;/h2H,1H2,(H,3,4);. The van der Waals surface area contributed by atoms with Crippen molar-refractivity contribution in [2.24, 2.45) is 0 Å². The number of hydrogen-bond acceptors (Lipinski definition) is 2. The Kier molecular flexibility index (Phi) is 10.9. The van der Waals surface area contributed by atoms with Crippen LogP contribution in [-0.4, -0.2) is 57.5 Å². The van der Waals surface area contributed by atoms with Crippen LogP contribution < -0.4 is 0 Å². The second-order valence-corrected chi connectivity index (χ2v) is 1.35. The molecular formula is CH4CaO3S. The zero-order valence-electron chi connectivity index (χ0n) is 3.13. The minimum Gasteiger partial charge on any atom is -0.381 e. The molecule has 0 aromatic carbocycles. The molecule has 0 aliphatic rings. The van der Waals surface area contributed by atoms with Gasteiger partial charge in [0, 0.05) is 37.7 Å². The summed E-state index contributed by atoms with van der Waals surface area (Å²) in [5, 5.41) is 7.59. The van der Waals surface area contributed by atoms with Crippen molar-refractivity contribution in [3.63, 3.8) is 0 Å². The SMILES string of the molecule is O=S(O)CO.[Ca]. The minimum atomic E-state index is -2.02. The van der Waals surface area contributed by atoms with Crippen molar-refractivity contribution < 1.29 is 13.9 Å². The quantitative estimate of drug-likeness (QED) is 0.351. The molecule has 0 bridgehead atoms. The van der Waals surface area contributed by atoms with Gasteiger partial charge in [0.2, 0.25) is 0 Å². The first-order valence-corrected chi connectivity index (χ1v) is 2.23. The third-order valence-corrected chi connectivity index (χ3v) is 0.331. The van der Waals surface area contributed by atoms with Gasteiger partial charge in [-0.3, -0.25) is 0 Å². The maximum Gasteiger partial charge on any atom is 0.179 e. The summed E-state index contributed by atoms with van der Waals surface area (Å²) >= 11 is -2.02. The van der Waals surface area contributed by atoms with E-state index in [9.17, 15) is 4.21 Å². The van der Waals surface area contributed by atoms with E-state index in [1.165, 1.54) is 0 Å². The fourth-order valence-corrected chi connectivity index (χ4v) is 0. The van der Waals surface area contributed by atoms with Crippen LogP contribution in [0.4, 0.5) is 0 Å². The third kappa shape index (κ3) is 9.01. The zero-order valence-corrected chi connectivity index (χ0v) is 6.15. The van der Waals surface area contributed by atoms with E-state index in [1.54, 1.807) is 0 Å². The summed E-state index contributed by atoms with van der Waals surface area (Å²) in [5.74, 6) is -0.667. The first-order valence-electron chi connectivity index (χ1n) is 0.954. The van der Waals surface area contributed by atoms with Crippen LogP contribution in [0.2, 0.25) is 0 Å². The van der Waals surface area contributed by atoms with Crippen molar-refractivity contribution in [1.82, 2.24) is 0 Å². The van der Waals surface area contributed by atoms with E-state index in [1.807, 2.05) is 0 Å². The first-order chi connectivity index (χ1) is 2.27. The van der Waals surface area contributed by atoms with E-state index in [-0.39, 0.29) is 37.7 Å². The van der Waals surface area contributed by atoms with Crippen LogP contribution in [0, 0.1) is 0 Å². The molecule has 3 nitrogen and oxygen atoms in total. The van der Waals surface area contributed by atoms with Crippen molar-refractivity contribution in [3.8, 4) is 0 Å². The second kappa shape index (κ2) is 6.33. The smallest absolute Gasteiger partial charge is 0.179 e. The maximum absolute atomic E-state index is 9.23. The molecule has 5 heteroatoms. The molecule has 6 heavy (non-hydrogen) atoms. The summed E-state index contributed by atoms with van der Waals surface area (Å²) < 4.78 is 16.8. The fraction of sp³-hybridized carbons (Fsp3) is 1.00. The Morgan fingerprint density at radius 2 is 1.83 bits per heavy atom. The predicted molar refractivity (Wildman–Crippen MR) is 23.6 cm³/mol. The fourth-order valence-electron chi connectivity index (χ4n) is 0. The van der Waals surface area contributed by atoms with Gasteiger partial charge in [0.15, 0.2) is 11.1 Å². The Morgan fingerprint density at radius 3 is 1.83 bits per heavy atom. The van der Waals surface area contributed by atoms with Crippen LogP contribution in [0.25, 0.3) is 0 Å². The molecule has 0 spiro atoms. The van der Waals surface area contributed by atoms with Gasteiger partial charge in [0.25, 0.3) is 0 Å². The molecule has 0 aliphatic heterocycles. The number of hydrogen-bond donors (Lipinski definition) is 2. The Bertz CT molecular complexity index is 46.1. The van der Waals surface area contributed by atoms with Crippen LogP contribution in [0.15, 0.2) is 0 Å². The molecule has 0 fully saturated rings. The molecular weight excluding hydrogens is 132 g/mol. The summed E-state index contributed by atoms with van der Waals surface area (Å²) in [6.07, 6.45) is 0. The van der Waals surface area contributed by atoms with Crippen LogP contribution in [-0.2, 0) is 11.1 Å². The van der Waals surface area contributed by atoms with E-state index in [0.29, 0.717) is 0 Å². The largest absolute Gasteiger partial charge is 0.381 e. The van der Waals surface area contributed by atoms with E-state index in [2.05, 4.69) is 0 Å². The summed E-state index contributed by atoms with van der Waals surface area (Å²) in [6.45, 7) is 0. The summed E-state index contributed by atoms with van der Waals surface area (Å²) in [7, 11) is 0. The molecule has 0 saturated heterocycles. The van der Waals surface area contributed by atoms with Gasteiger partial charge in [-0.05, 0) is 0 Å². The van der Waals surface area contributed by atoms with Crippen LogP contribution >= 0.6 is 0 Å². The van der Waals surface area contributed by atoms with E-state index >= 15 is 0 Å². The third-order valence-electron chi connectivity index (χ3n) is 0.110. The Balaban J connectivity index is 0. The van der Waals surface area contributed by atoms with E-state index in [0.717, 1.165) is 0 Å². The molecule has 1 unspecified atom stereocenters. The molecule has 2 radical (unpaired) electrons. The topological polar surface area (TPSA) is 57.5 Å². The van der Waals surface area contributed by atoms with E-state index in [4.69, 9.17) is 9.66 Å². The van der Waals surface area contributed by atoms with Gasteiger partial charge in [-0.15, -0.1) is 0 Å². The second-order valence-electron chi connectivity index (χ2n) is 0.451. The number of aliphatic hydroxyl groups is 1. The zero-order chi connectivity index (χ0) is 4.28. The van der Waals surface area contributed by atoms with Crippen molar-refractivity contribution in [1.29, 1.82) is 0 Å². The number of rotatable bonds is 1. The first kappa shape index (κ1) is 10.3. The monoisotopic (exact) mass is 136 g/mol. The van der Waals surface area contributed by atoms with Gasteiger partial charge in [-0.2, -0.15) is 0 Å². The molecule has 0 amide bonds. The maximum atomic E-state index is 9.23. The Hall–Kier alpha value is 1.33. The summed E-state index contributed by atoms with van der Waals surface area (Å²) in [4.78, 5) is 0. The van der Waals surface area contributed by atoms with Gasteiger partial charge >= 0.3 is 0 Å². The minimum absolute atomic E-state index is 0. The van der Waals surface area contributed by atoms with Gasteiger partial charge in [0.05, 0.1) is 0 Å². The summed E-state index contributed by atoms with van der Waals surface area (Å²) in [6, 6.07) is 0. The average Bonchev–Trinajstić information content (AvgIpc) is 1.38. The van der Waals surface area contributed by atoms with Crippen molar-refractivity contribution in [3.05, 3.63) is 0 Å². The molecule has 2 N–H and O–H groups in total. The van der Waals surface area contributed by atoms with Crippen LogP contribution in [0.5, 0.6) is 0 Å². The average molecular weight is 136 g/mol.